The number of nitrogens with zero attached hydrogens (tertiary/aromatic N) is 1. The van der Waals surface area contributed by atoms with Gasteiger partial charge in [-0.15, -0.1) is 0 Å². The molecule has 5 heteroatoms. The van der Waals surface area contributed by atoms with Crippen molar-refractivity contribution in [3.8, 4) is 0 Å². The summed E-state index contributed by atoms with van der Waals surface area (Å²) in [6.45, 7) is 4.62. The van der Waals surface area contributed by atoms with E-state index in [-0.39, 0.29) is 12.0 Å². The van der Waals surface area contributed by atoms with Crippen LogP contribution < -0.4 is 5.32 Å². The van der Waals surface area contributed by atoms with Gasteiger partial charge in [0.2, 0.25) is 0 Å². The molecular weight excluding hydrogens is 268 g/mol. The number of aromatic nitrogens is 1. The number of nitrogens with one attached hydrogen (secondary N) is 1. The molecule has 1 aromatic heterocycles. The fraction of sp³-hybridized carbons (Fsp3) is 0.375. The van der Waals surface area contributed by atoms with Gasteiger partial charge in [0, 0.05) is 18.1 Å². The lowest BCUT2D eigenvalue weighted by atomic mass is 10.1. The van der Waals surface area contributed by atoms with E-state index in [1.807, 2.05) is 44.2 Å². The third-order valence-electron chi connectivity index (χ3n) is 3.45. The molecule has 1 aromatic carbocycles. The zero-order valence-electron chi connectivity index (χ0n) is 12.1. The largest absolute Gasteiger partial charge is 0.348 e. The monoisotopic (exact) mass is 286 g/mol. The number of hydrogen-bond donors (Lipinski definition) is 1. The minimum atomic E-state index is -0.576. The Balaban J connectivity index is 1.70. The minimum Gasteiger partial charge on any atom is -0.348 e. The van der Waals surface area contributed by atoms with Crippen molar-refractivity contribution >= 4 is 16.7 Å². The van der Waals surface area contributed by atoms with E-state index in [0.29, 0.717) is 18.8 Å². The summed E-state index contributed by atoms with van der Waals surface area (Å²) in [5, 5.41) is 4.71. The molecule has 1 aliphatic heterocycles. The lowest BCUT2D eigenvalue weighted by Gasteiger charge is -2.17. The maximum Gasteiger partial charge on any atom is 0.270 e. The van der Waals surface area contributed by atoms with Gasteiger partial charge in [0.1, 0.15) is 11.8 Å². The van der Waals surface area contributed by atoms with Crippen LogP contribution in [0.25, 0.3) is 10.8 Å². The van der Waals surface area contributed by atoms with E-state index in [9.17, 15) is 4.79 Å². The number of ether oxygens (including phenoxy) is 2. The quantitative estimate of drug-likeness (QED) is 0.939. The number of carbonyl (C=O) groups is 1. The second-order valence-electron chi connectivity index (χ2n) is 5.54. The molecule has 0 saturated carbocycles. The van der Waals surface area contributed by atoms with Gasteiger partial charge < -0.3 is 14.8 Å². The highest BCUT2D eigenvalue weighted by atomic mass is 16.7. The van der Waals surface area contributed by atoms with Crippen LogP contribution in [0.1, 0.15) is 24.3 Å². The average molecular weight is 286 g/mol. The molecule has 5 nitrogen and oxygen atoms in total. The van der Waals surface area contributed by atoms with Crippen molar-refractivity contribution in [2.24, 2.45) is 0 Å². The van der Waals surface area contributed by atoms with Gasteiger partial charge in [-0.2, -0.15) is 0 Å². The number of fused-ring (bicyclic) bond motifs is 1. The Labute approximate surface area is 123 Å². The van der Waals surface area contributed by atoms with Crippen molar-refractivity contribution in [3.63, 3.8) is 0 Å². The molecule has 1 atom stereocenters. The Bertz CT molecular complexity index is 664. The summed E-state index contributed by atoms with van der Waals surface area (Å²) in [6, 6.07) is 9.59. The highest BCUT2D eigenvalue weighted by Gasteiger charge is 2.32. The van der Waals surface area contributed by atoms with Crippen molar-refractivity contribution in [2.45, 2.75) is 25.7 Å². The van der Waals surface area contributed by atoms with Gasteiger partial charge in [-0.25, -0.2) is 0 Å². The molecule has 1 saturated heterocycles. The summed E-state index contributed by atoms with van der Waals surface area (Å²) in [7, 11) is 0. The highest BCUT2D eigenvalue weighted by molar-refractivity contribution is 6.05. The first-order valence-electron chi connectivity index (χ1n) is 6.99. The lowest BCUT2D eigenvalue weighted by Crippen LogP contribution is -2.34. The van der Waals surface area contributed by atoms with E-state index in [1.54, 1.807) is 6.20 Å². The summed E-state index contributed by atoms with van der Waals surface area (Å²) in [4.78, 5) is 16.5. The standard InChI is InChI=1S/C16H18N2O3/c1-16(2)20-10-12(21-16)9-18-15(19)14-13-6-4-3-5-11(13)7-8-17-14/h3-8,12H,9-10H2,1-2H3,(H,18,19)/t12-/m1/s1. The van der Waals surface area contributed by atoms with Crippen LogP contribution in [0, 0.1) is 0 Å². The van der Waals surface area contributed by atoms with Crippen molar-refractivity contribution in [2.75, 3.05) is 13.2 Å². The fourth-order valence-corrected chi connectivity index (χ4v) is 2.45. The summed E-state index contributed by atoms with van der Waals surface area (Å²) in [6.07, 6.45) is 1.52. The van der Waals surface area contributed by atoms with Gasteiger partial charge in [-0.05, 0) is 25.3 Å². The molecule has 3 rings (SSSR count). The maximum absolute atomic E-state index is 12.3. The number of pyridine rings is 1. The fourth-order valence-electron chi connectivity index (χ4n) is 2.45. The third-order valence-corrected chi connectivity index (χ3v) is 3.45. The summed E-state index contributed by atoms with van der Waals surface area (Å²) >= 11 is 0. The van der Waals surface area contributed by atoms with Gasteiger partial charge in [-0.3, -0.25) is 9.78 Å². The molecule has 110 valence electrons. The van der Waals surface area contributed by atoms with Crippen molar-refractivity contribution < 1.29 is 14.3 Å². The highest BCUT2D eigenvalue weighted by Crippen LogP contribution is 2.22. The van der Waals surface area contributed by atoms with E-state index in [2.05, 4.69) is 10.3 Å². The Morgan fingerprint density at radius 2 is 2.19 bits per heavy atom. The van der Waals surface area contributed by atoms with Gasteiger partial charge in [0.25, 0.3) is 5.91 Å². The van der Waals surface area contributed by atoms with Gasteiger partial charge in [-0.1, -0.05) is 24.3 Å². The first-order chi connectivity index (χ1) is 10.1. The van der Waals surface area contributed by atoms with Crippen LogP contribution >= 0.6 is 0 Å². The Morgan fingerprint density at radius 3 is 2.95 bits per heavy atom. The predicted molar refractivity (Wildman–Crippen MR) is 79.0 cm³/mol. The van der Waals surface area contributed by atoms with E-state index < -0.39 is 5.79 Å². The van der Waals surface area contributed by atoms with Crippen LogP contribution in [-0.2, 0) is 9.47 Å². The molecule has 21 heavy (non-hydrogen) atoms. The van der Waals surface area contributed by atoms with Gasteiger partial charge >= 0.3 is 0 Å². The second-order valence-corrected chi connectivity index (χ2v) is 5.54. The molecule has 0 bridgehead atoms. The van der Waals surface area contributed by atoms with Crippen molar-refractivity contribution in [1.82, 2.24) is 10.3 Å². The SMILES string of the molecule is CC1(C)OC[C@@H](CNC(=O)c2nccc3ccccc23)O1. The number of hydrogen-bond acceptors (Lipinski definition) is 4. The van der Waals surface area contributed by atoms with E-state index >= 15 is 0 Å². The van der Waals surface area contributed by atoms with E-state index in [0.717, 1.165) is 10.8 Å². The second kappa shape index (κ2) is 5.42. The molecule has 2 aromatic rings. The maximum atomic E-state index is 12.3. The molecule has 0 unspecified atom stereocenters. The van der Waals surface area contributed by atoms with E-state index in [4.69, 9.17) is 9.47 Å². The first kappa shape index (κ1) is 14.0. The normalized spacial score (nSPS) is 20.6. The number of rotatable bonds is 3. The number of amides is 1. The summed E-state index contributed by atoms with van der Waals surface area (Å²) in [5.74, 6) is -0.771. The van der Waals surface area contributed by atoms with Crippen LogP contribution in [0.3, 0.4) is 0 Å². The van der Waals surface area contributed by atoms with Crippen molar-refractivity contribution in [1.29, 1.82) is 0 Å². The molecular formula is C16H18N2O3. The van der Waals surface area contributed by atoms with E-state index in [1.165, 1.54) is 0 Å². The smallest absolute Gasteiger partial charge is 0.270 e. The van der Waals surface area contributed by atoms with Crippen LogP contribution in [0.15, 0.2) is 36.5 Å². The van der Waals surface area contributed by atoms with Crippen molar-refractivity contribution in [3.05, 3.63) is 42.2 Å². The molecule has 1 N–H and O–H groups in total. The van der Waals surface area contributed by atoms with Crippen LogP contribution in [0.4, 0.5) is 0 Å². The molecule has 1 fully saturated rings. The summed E-state index contributed by atoms with van der Waals surface area (Å²) < 4.78 is 11.1. The third kappa shape index (κ3) is 3.04. The summed E-state index contributed by atoms with van der Waals surface area (Å²) in [5.41, 5.74) is 0.436. The topological polar surface area (TPSA) is 60.5 Å². The molecule has 2 heterocycles. The predicted octanol–water partition coefficient (Wildman–Crippen LogP) is 2.12. The lowest BCUT2D eigenvalue weighted by molar-refractivity contribution is -0.137. The Hall–Kier alpha value is -1.98. The van der Waals surface area contributed by atoms with Crippen LogP contribution in [-0.4, -0.2) is 35.9 Å². The number of benzene rings is 1. The number of carbonyl (C=O) groups excluding carboxylic acids is 1. The molecule has 0 radical (unpaired) electrons. The molecule has 0 aliphatic carbocycles. The Morgan fingerprint density at radius 1 is 1.38 bits per heavy atom. The molecule has 1 amide bonds. The first-order valence-corrected chi connectivity index (χ1v) is 6.99. The molecule has 1 aliphatic rings. The zero-order valence-corrected chi connectivity index (χ0v) is 12.1. The van der Waals surface area contributed by atoms with Crippen LogP contribution in [0.2, 0.25) is 0 Å². The van der Waals surface area contributed by atoms with Gasteiger partial charge in [0.15, 0.2) is 5.79 Å². The van der Waals surface area contributed by atoms with Crippen LogP contribution in [0.5, 0.6) is 0 Å². The Kier molecular flexibility index (Phi) is 3.61. The molecule has 0 spiro atoms. The zero-order chi connectivity index (χ0) is 14.9. The minimum absolute atomic E-state index is 0.126. The van der Waals surface area contributed by atoms with Gasteiger partial charge in [0.05, 0.1) is 6.61 Å². The average Bonchev–Trinajstić information content (AvgIpc) is 2.83.